The van der Waals surface area contributed by atoms with Gasteiger partial charge in [0.2, 0.25) is 0 Å². The fraction of sp³-hybridized carbons (Fsp3) is 0.190. The molecule has 4 nitrogen and oxygen atoms in total. The van der Waals surface area contributed by atoms with Crippen molar-refractivity contribution in [3.8, 4) is 22.3 Å². The van der Waals surface area contributed by atoms with Gasteiger partial charge in [-0.2, -0.15) is 0 Å². The minimum Gasteiger partial charge on any atom is -0.274 e. The molecule has 0 radical (unpaired) electrons. The molecule has 0 bridgehead atoms. The van der Waals surface area contributed by atoms with E-state index in [0.29, 0.717) is 30.5 Å². The van der Waals surface area contributed by atoms with E-state index >= 15 is 0 Å². The fourth-order valence-corrected chi connectivity index (χ4v) is 3.86. The molecule has 0 fully saturated rings. The van der Waals surface area contributed by atoms with E-state index in [2.05, 4.69) is 16.8 Å². The number of allylic oxidation sites excluding steroid dienone is 1. The predicted octanol–water partition coefficient (Wildman–Crippen LogP) is 3.57. The van der Waals surface area contributed by atoms with Crippen LogP contribution in [0, 0.1) is 11.8 Å². The van der Waals surface area contributed by atoms with Crippen LogP contribution in [-0.4, -0.2) is 28.2 Å². The second kappa shape index (κ2) is 7.11. The van der Waals surface area contributed by atoms with Gasteiger partial charge in [0.15, 0.2) is 5.01 Å². The molecule has 2 aliphatic rings. The van der Waals surface area contributed by atoms with Gasteiger partial charge in [0.25, 0.3) is 11.8 Å². The Balaban J connectivity index is 1.38. The molecule has 1 aliphatic heterocycles. The lowest BCUT2D eigenvalue weighted by atomic mass is 10.00. The van der Waals surface area contributed by atoms with Crippen LogP contribution >= 0.6 is 11.3 Å². The standard InChI is InChI=1S/C21H16N2O2S/c24-20-16-10-4-5-11-17(16)21(25)23(20)13-7-6-12-19-22-14-18(26-19)15-8-2-1-3-9-15/h1-4,8-10,14H,5,7,11,13H2. The third kappa shape index (κ3) is 3.12. The molecule has 5 heteroatoms. The van der Waals surface area contributed by atoms with Crippen LogP contribution in [-0.2, 0) is 9.59 Å². The van der Waals surface area contributed by atoms with Crippen molar-refractivity contribution in [2.24, 2.45) is 0 Å². The Bertz CT molecular complexity index is 990. The molecule has 0 saturated heterocycles. The van der Waals surface area contributed by atoms with E-state index < -0.39 is 0 Å². The Kier molecular flexibility index (Phi) is 4.51. The highest BCUT2D eigenvalue weighted by atomic mass is 32.1. The summed E-state index contributed by atoms with van der Waals surface area (Å²) in [7, 11) is 0. The topological polar surface area (TPSA) is 50.3 Å². The van der Waals surface area contributed by atoms with Crippen molar-refractivity contribution < 1.29 is 9.59 Å². The number of aromatic nitrogens is 1. The van der Waals surface area contributed by atoms with Crippen molar-refractivity contribution in [1.82, 2.24) is 9.88 Å². The van der Waals surface area contributed by atoms with E-state index in [1.807, 2.05) is 42.6 Å². The highest BCUT2D eigenvalue weighted by Crippen LogP contribution is 2.29. The Hall–Kier alpha value is -2.97. The van der Waals surface area contributed by atoms with E-state index in [1.165, 1.54) is 16.2 Å². The van der Waals surface area contributed by atoms with Gasteiger partial charge in [-0.15, -0.1) is 11.3 Å². The van der Waals surface area contributed by atoms with Gasteiger partial charge in [0, 0.05) is 30.3 Å². The molecule has 1 aromatic carbocycles. The Morgan fingerprint density at radius 2 is 2.00 bits per heavy atom. The first-order valence-corrected chi connectivity index (χ1v) is 9.31. The van der Waals surface area contributed by atoms with E-state index in [9.17, 15) is 9.59 Å². The van der Waals surface area contributed by atoms with Crippen LogP contribution in [0.25, 0.3) is 10.4 Å². The summed E-state index contributed by atoms with van der Waals surface area (Å²) in [6.07, 6.45) is 7.45. The summed E-state index contributed by atoms with van der Waals surface area (Å²) in [6, 6.07) is 10.0. The monoisotopic (exact) mass is 360 g/mol. The SMILES string of the molecule is O=C1C2=C(CCC=C2)C(=O)N1CCC#Cc1ncc(-c2ccccc2)s1. The predicted molar refractivity (Wildman–Crippen MR) is 101 cm³/mol. The van der Waals surface area contributed by atoms with E-state index in [0.717, 1.165) is 21.9 Å². The molecule has 26 heavy (non-hydrogen) atoms. The van der Waals surface area contributed by atoms with Crippen LogP contribution in [0.4, 0.5) is 0 Å². The van der Waals surface area contributed by atoms with E-state index in [4.69, 9.17) is 0 Å². The molecule has 0 atom stereocenters. The maximum absolute atomic E-state index is 12.3. The minimum absolute atomic E-state index is 0.156. The quantitative estimate of drug-likeness (QED) is 0.621. The van der Waals surface area contributed by atoms with Crippen molar-refractivity contribution >= 4 is 23.2 Å². The molecular weight excluding hydrogens is 344 g/mol. The largest absolute Gasteiger partial charge is 0.274 e. The second-order valence-corrected chi connectivity index (χ2v) is 7.07. The molecule has 2 heterocycles. The smallest absolute Gasteiger partial charge is 0.261 e. The molecule has 0 spiro atoms. The lowest BCUT2D eigenvalue weighted by Gasteiger charge is -2.12. The van der Waals surface area contributed by atoms with Gasteiger partial charge in [0.1, 0.15) is 0 Å². The number of nitrogens with zero attached hydrogens (tertiary/aromatic N) is 2. The van der Waals surface area contributed by atoms with Crippen LogP contribution in [0.3, 0.4) is 0 Å². The molecule has 2 aromatic rings. The number of benzene rings is 1. The number of imide groups is 1. The van der Waals surface area contributed by atoms with Gasteiger partial charge in [-0.3, -0.25) is 14.5 Å². The van der Waals surface area contributed by atoms with Gasteiger partial charge >= 0.3 is 0 Å². The Morgan fingerprint density at radius 3 is 2.81 bits per heavy atom. The third-order valence-corrected chi connectivity index (χ3v) is 5.33. The van der Waals surface area contributed by atoms with Crippen LogP contribution in [0.2, 0.25) is 0 Å². The summed E-state index contributed by atoms with van der Waals surface area (Å²) in [5.74, 6) is 5.72. The van der Waals surface area contributed by atoms with Crippen LogP contribution in [0.1, 0.15) is 24.3 Å². The van der Waals surface area contributed by atoms with Crippen LogP contribution in [0.15, 0.2) is 59.8 Å². The first-order valence-electron chi connectivity index (χ1n) is 8.50. The summed E-state index contributed by atoms with van der Waals surface area (Å²) in [4.78, 5) is 31.4. The van der Waals surface area contributed by atoms with Crippen molar-refractivity contribution in [3.05, 3.63) is 64.8 Å². The zero-order valence-electron chi connectivity index (χ0n) is 14.1. The first kappa shape index (κ1) is 16.5. The molecule has 2 amide bonds. The van der Waals surface area contributed by atoms with Gasteiger partial charge in [-0.05, 0) is 24.3 Å². The zero-order chi connectivity index (χ0) is 17.9. The van der Waals surface area contributed by atoms with Gasteiger partial charge in [-0.25, -0.2) is 4.98 Å². The lowest BCUT2D eigenvalue weighted by molar-refractivity contribution is -0.137. The number of carbonyl (C=O) groups excluding carboxylic acids is 2. The number of carbonyl (C=O) groups is 2. The molecule has 128 valence electrons. The first-order chi connectivity index (χ1) is 12.7. The highest BCUT2D eigenvalue weighted by molar-refractivity contribution is 7.15. The number of hydrogen-bond donors (Lipinski definition) is 0. The summed E-state index contributed by atoms with van der Waals surface area (Å²) >= 11 is 1.54. The fourth-order valence-electron chi connectivity index (χ4n) is 3.06. The number of thiazole rings is 1. The lowest BCUT2D eigenvalue weighted by Crippen LogP contribution is -2.32. The molecule has 0 N–H and O–H groups in total. The molecule has 0 saturated carbocycles. The van der Waals surface area contributed by atoms with Crippen LogP contribution < -0.4 is 0 Å². The Morgan fingerprint density at radius 1 is 1.15 bits per heavy atom. The minimum atomic E-state index is -0.191. The van der Waals surface area contributed by atoms with Crippen molar-refractivity contribution in [2.45, 2.75) is 19.3 Å². The zero-order valence-corrected chi connectivity index (χ0v) is 14.9. The number of rotatable bonds is 3. The van der Waals surface area contributed by atoms with E-state index in [1.54, 1.807) is 6.08 Å². The van der Waals surface area contributed by atoms with E-state index in [-0.39, 0.29) is 11.8 Å². The summed E-state index contributed by atoms with van der Waals surface area (Å²) in [5, 5.41) is 0.739. The van der Waals surface area contributed by atoms with Gasteiger partial charge < -0.3 is 0 Å². The van der Waals surface area contributed by atoms with Crippen molar-refractivity contribution in [1.29, 1.82) is 0 Å². The van der Waals surface area contributed by atoms with Crippen LogP contribution in [0.5, 0.6) is 0 Å². The summed E-state index contributed by atoms with van der Waals surface area (Å²) in [5.41, 5.74) is 2.33. The van der Waals surface area contributed by atoms with Gasteiger partial charge in [-0.1, -0.05) is 48.4 Å². The highest BCUT2D eigenvalue weighted by Gasteiger charge is 2.36. The van der Waals surface area contributed by atoms with Crippen molar-refractivity contribution in [2.75, 3.05) is 6.54 Å². The third-order valence-electron chi connectivity index (χ3n) is 4.37. The normalized spacial score (nSPS) is 15.9. The summed E-state index contributed by atoms with van der Waals surface area (Å²) in [6.45, 7) is 0.322. The molecular formula is C21H16N2O2S. The average Bonchev–Trinajstić information content (AvgIpc) is 3.25. The molecule has 0 unspecified atom stereocenters. The van der Waals surface area contributed by atoms with Gasteiger partial charge in [0.05, 0.1) is 4.88 Å². The van der Waals surface area contributed by atoms with Crippen molar-refractivity contribution in [3.63, 3.8) is 0 Å². The summed E-state index contributed by atoms with van der Waals surface area (Å²) < 4.78 is 0. The average molecular weight is 360 g/mol. The second-order valence-electron chi connectivity index (χ2n) is 6.04. The Labute approximate surface area is 155 Å². The maximum Gasteiger partial charge on any atom is 0.261 e. The number of amides is 2. The maximum atomic E-state index is 12.3. The number of hydrogen-bond acceptors (Lipinski definition) is 4. The molecule has 1 aromatic heterocycles. The molecule has 4 rings (SSSR count). The molecule has 1 aliphatic carbocycles.